The van der Waals surface area contributed by atoms with Gasteiger partial charge in [0, 0.05) is 50.4 Å². The van der Waals surface area contributed by atoms with Gasteiger partial charge in [0.2, 0.25) is 0 Å². The largest absolute Gasteiger partial charge is 0.361 e. The molecule has 0 saturated carbocycles. The molecule has 3 aromatic heterocycles. The van der Waals surface area contributed by atoms with E-state index in [9.17, 15) is 9.59 Å². The monoisotopic (exact) mass is 373 g/mol. The first-order valence-corrected chi connectivity index (χ1v) is 9.31. The zero-order chi connectivity index (χ0) is 18.3. The molecule has 0 N–H and O–H groups in total. The van der Waals surface area contributed by atoms with Crippen molar-refractivity contribution in [2.24, 2.45) is 0 Å². The Balaban J connectivity index is 1.42. The van der Waals surface area contributed by atoms with Crippen LogP contribution in [0.4, 0.5) is 0 Å². The van der Waals surface area contributed by atoms with Crippen LogP contribution in [0.1, 0.15) is 27.5 Å². The van der Waals surface area contributed by atoms with Crippen molar-refractivity contribution in [2.45, 2.75) is 20.4 Å². The first-order valence-electron chi connectivity index (χ1n) is 8.43. The fraction of sp³-hybridized carbons (Fsp3) is 0.412. The molecule has 4 heterocycles. The molecule has 26 heavy (non-hydrogen) atoms. The fourth-order valence-electron chi connectivity index (χ4n) is 3.25. The molecule has 0 spiro atoms. The molecule has 0 aliphatic carbocycles. The third-order valence-corrected chi connectivity index (χ3v) is 5.41. The van der Waals surface area contributed by atoms with Crippen LogP contribution in [0.2, 0.25) is 0 Å². The van der Waals surface area contributed by atoms with Gasteiger partial charge in [0.05, 0.1) is 11.4 Å². The normalized spacial score (nSPS) is 15.7. The second-order valence-electron chi connectivity index (χ2n) is 6.41. The van der Waals surface area contributed by atoms with Crippen LogP contribution < -0.4 is 5.56 Å². The number of carbonyl (C=O) groups excluding carboxylic acids is 1. The lowest BCUT2D eigenvalue weighted by Gasteiger charge is -2.34. The van der Waals surface area contributed by atoms with E-state index >= 15 is 0 Å². The minimum Gasteiger partial charge on any atom is -0.361 e. The number of carbonyl (C=O) groups is 1. The van der Waals surface area contributed by atoms with Crippen LogP contribution in [0, 0.1) is 13.8 Å². The summed E-state index contributed by atoms with van der Waals surface area (Å²) >= 11 is 1.45. The minimum atomic E-state index is -0.0570. The van der Waals surface area contributed by atoms with E-state index in [-0.39, 0.29) is 11.5 Å². The molecule has 1 amide bonds. The number of nitrogens with zero attached hydrogens (tertiary/aromatic N) is 5. The number of fused-ring (bicyclic) bond motifs is 1. The molecular formula is C17H19N5O3S. The van der Waals surface area contributed by atoms with Gasteiger partial charge in [-0.15, -0.1) is 11.3 Å². The number of hydrogen-bond acceptors (Lipinski definition) is 7. The second kappa shape index (κ2) is 6.65. The van der Waals surface area contributed by atoms with Crippen LogP contribution >= 0.6 is 11.3 Å². The predicted molar refractivity (Wildman–Crippen MR) is 96.5 cm³/mol. The summed E-state index contributed by atoms with van der Waals surface area (Å²) in [7, 11) is 0. The lowest BCUT2D eigenvalue weighted by molar-refractivity contribution is 0.0625. The Bertz CT molecular complexity index is 993. The van der Waals surface area contributed by atoms with Gasteiger partial charge in [0.15, 0.2) is 4.96 Å². The fourth-order valence-corrected chi connectivity index (χ4v) is 3.99. The Morgan fingerprint density at radius 2 is 2.04 bits per heavy atom. The van der Waals surface area contributed by atoms with Crippen LogP contribution in [0.15, 0.2) is 27.0 Å². The Hall–Kier alpha value is -2.52. The van der Waals surface area contributed by atoms with Crippen LogP contribution in [-0.4, -0.2) is 56.4 Å². The quantitative estimate of drug-likeness (QED) is 0.688. The average Bonchev–Trinajstić information content (AvgIpc) is 3.22. The van der Waals surface area contributed by atoms with Gasteiger partial charge in [-0.2, -0.15) is 0 Å². The van der Waals surface area contributed by atoms with Crippen molar-refractivity contribution in [3.05, 3.63) is 50.7 Å². The first-order chi connectivity index (χ1) is 12.5. The highest BCUT2D eigenvalue weighted by molar-refractivity contribution is 7.15. The van der Waals surface area contributed by atoms with Gasteiger partial charge in [-0.3, -0.25) is 18.9 Å². The van der Waals surface area contributed by atoms with Crippen molar-refractivity contribution >= 4 is 22.2 Å². The summed E-state index contributed by atoms with van der Waals surface area (Å²) in [5.74, 6) is 0.529. The van der Waals surface area contributed by atoms with Crippen LogP contribution in [0.5, 0.6) is 0 Å². The molecule has 1 aliphatic rings. The Morgan fingerprint density at radius 1 is 1.27 bits per heavy atom. The maximum atomic E-state index is 12.7. The number of aryl methyl sites for hydroxylation is 2. The summed E-state index contributed by atoms with van der Waals surface area (Å²) in [4.78, 5) is 34.1. The summed E-state index contributed by atoms with van der Waals surface area (Å²) in [6.45, 7) is 6.88. The highest BCUT2D eigenvalue weighted by Crippen LogP contribution is 2.17. The Morgan fingerprint density at radius 3 is 2.73 bits per heavy atom. The molecule has 0 atom stereocenters. The van der Waals surface area contributed by atoms with Crippen LogP contribution in [0.25, 0.3) is 4.96 Å². The molecule has 0 aromatic carbocycles. The van der Waals surface area contributed by atoms with E-state index in [1.54, 1.807) is 30.5 Å². The van der Waals surface area contributed by atoms with Gasteiger partial charge in [-0.1, -0.05) is 5.16 Å². The lowest BCUT2D eigenvalue weighted by atomic mass is 10.1. The molecule has 1 fully saturated rings. The molecule has 8 nitrogen and oxygen atoms in total. The summed E-state index contributed by atoms with van der Waals surface area (Å²) < 4.78 is 6.65. The number of piperazine rings is 1. The number of amides is 1. The van der Waals surface area contributed by atoms with E-state index in [4.69, 9.17) is 4.52 Å². The standard InChI is InChI=1S/C17H19N5O3S/c1-11-15(12(2)25-19-11)16(24)21-5-3-20(4-6-21)10-13-9-14(23)22-7-8-26-17(22)18-13/h7-9H,3-6,10H2,1-2H3. The molecule has 4 rings (SSSR count). The second-order valence-corrected chi connectivity index (χ2v) is 7.28. The van der Waals surface area contributed by atoms with Crippen molar-refractivity contribution in [2.75, 3.05) is 26.2 Å². The van der Waals surface area contributed by atoms with Crippen molar-refractivity contribution in [3.63, 3.8) is 0 Å². The molecule has 136 valence electrons. The van der Waals surface area contributed by atoms with Crippen molar-refractivity contribution < 1.29 is 9.32 Å². The van der Waals surface area contributed by atoms with E-state index in [0.717, 1.165) is 18.8 Å². The van der Waals surface area contributed by atoms with Gasteiger partial charge >= 0.3 is 0 Å². The lowest BCUT2D eigenvalue weighted by Crippen LogP contribution is -2.48. The summed E-state index contributed by atoms with van der Waals surface area (Å²) in [6.07, 6.45) is 1.73. The SMILES string of the molecule is Cc1noc(C)c1C(=O)N1CCN(Cc2cc(=O)n3ccsc3n2)CC1. The predicted octanol–water partition coefficient (Wildman–Crippen LogP) is 1.32. The number of aromatic nitrogens is 3. The maximum absolute atomic E-state index is 12.7. The average molecular weight is 373 g/mol. The van der Waals surface area contributed by atoms with Gasteiger partial charge in [0.1, 0.15) is 11.3 Å². The van der Waals surface area contributed by atoms with Crippen LogP contribution in [-0.2, 0) is 6.54 Å². The van der Waals surface area contributed by atoms with Gasteiger partial charge < -0.3 is 9.42 Å². The highest BCUT2D eigenvalue weighted by atomic mass is 32.1. The van der Waals surface area contributed by atoms with Crippen molar-refractivity contribution in [1.82, 2.24) is 24.3 Å². The van der Waals surface area contributed by atoms with E-state index in [0.29, 0.717) is 41.6 Å². The molecule has 0 radical (unpaired) electrons. The van der Waals surface area contributed by atoms with E-state index in [1.807, 2.05) is 10.3 Å². The number of thiazole rings is 1. The van der Waals surface area contributed by atoms with Gasteiger partial charge in [-0.05, 0) is 13.8 Å². The van der Waals surface area contributed by atoms with E-state index < -0.39 is 0 Å². The van der Waals surface area contributed by atoms with Gasteiger partial charge in [-0.25, -0.2) is 4.98 Å². The van der Waals surface area contributed by atoms with E-state index in [2.05, 4.69) is 15.0 Å². The van der Waals surface area contributed by atoms with Crippen molar-refractivity contribution in [3.8, 4) is 0 Å². The zero-order valence-electron chi connectivity index (χ0n) is 14.6. The molecule has 0 bridgehead atoms. The third kappa shape index (κ3) is 3.04. The van der Waals surface area contributed by atoms with Gasteiger partial charge in [0.25, 0.3) is 11.5 Å². The Kier molecular flexibility index (Phi) is 4.33. The number of rotatable bonds is 3. The first kappa shape index (κ1) is 16.9. The number of hydrogen-bond donors (Lipinski definition) is 0. The molecule has 0 unspecified atom stereocenters. The molecule has 3 aromatic rings. The summed E-state index contributed by atoms with van der Waals surface area (Å²) in [5.41, 5.74) is 1.90. The van der Waals surface area contributed by atoms with E-state index in [1.165, 1.54) is 11.3 Å². The zero-order valence-corrected chi connectivity index (χ0v) is 15.5. The maximum Gasteiger partial charge on any atom is 0.259 e. The topological polar surface area (TPSA) is 84.0 Å². The highest BCUT2D eigenvalue weighted by Gasteiger charge is 2.26. The molecule has 9 heteroatoms. The summed E-state index contributed by atoms with van der Waals surface area (Å²) in [5, 5.41) is 5.71. The Labute approximate surface area is 153 Å². The smallest absolute Gasteiger partial charge is 0.259 e. The minimum absolute atomic E-state index is 0.0303. The molecule has 1 saturated heterocycles. The summed E-state index contributed by atoms with van der Waals surface area (Å²) in [6, 6.07) is 1.58. The van der Waals surface area contributed by atoms with Crippen molar-refractivity contribution in [1.29, 1.82) is 0 Å². The van der Waals surface area contributed by atoms with Crippen LogP contribution in [0.3, 0.4) is 0 Å². The molecular weight excluding hydrogens is 354 g/mol. The third-order valence-electron chi connectivity index (χ3n) is 4.65. The molecule has 1 aliphatic heterocycles.